The van der Waals surface area contributed by atoms with Gasteiger partial charge in [0.1, 0.15) is 5.54 Å². The van der Waals surface area contributed by atoms with Gasteiger partial charge in [0.15, 0.2) is 0 Å². The number of likely N-dealkylation sites (N-methyl/N-ethyl adjacent to an activating group) is 1. The summed E-state index contributed by atoms with van der Waals surface area (Å²) in [6.07, 6.45) is 3.58. The van der Waals surface area contributed by atoms with E-state index in [9.17, 15) is 4.79 Å². The van der Waals surface area contributed by atoms with Crippen molar-refractivity contribution in [2.75, 3.05) is 14.2 Å². The minimum Gasteiger partial charge on any atom is -0.468 e. The second kappa shape index (κ2) is 5.87. The van der Waals surface area contributed by atoms with E-state index < -0.39 is 5.54 Å². The van der Waals surface area contributed by atoms with Crippen molar-refractivity contribution in [3.05, 3.63) is 0 Å². The number of thioether (sulfide) groups is 1. The number of nitrogens with zero attached hydrogens (tertiary/aromatic N) is 4. The summed E-state index contributed by atoms with van der Waals surface area (Å²) in [5.74, 6) is -0.184. The number of ether oxygens (including phenoxy) is 1. The van der Waals surface area contributed by atoms with Crippen molar-refractivity contribution in [2.45, 2.75) is 41.6 Å². The number of aryl methyl sites for hydroxylation is 1. The van der Waals surface area contributed by atoms with Crippen molar-refractivity contribution in [1.82, 2.24) is 25.5 Å². The summed E-state index contributed by atoms with van der Waals surface area (Å²) in [5.41, 5.74) is -0.573. The molecule has 0 bridgehead atoms. The van der Waals surface area contributed by atoms with E-state index in [1.165, 1.54) is 7.11 Å². The molecular formula is C11H19N5O2S. The van der Waals surface area contributed by atoms with Crippen LogP contribution in [0.15, 0.2) is 5.16 Å². The van der Waals surface area contributed by atoms with Crippen LogP contribution in [-0.2, 0) is 16.6 Å². The molecule has 1 saturated carbocycles. The molecule has 8 heteroatoms. The van der Waals surface area contributed by atoms with Gasteiger partial charge in [0.25, 0.3) is 0 Å². The van der Waals surface area contributed by atoms with Gasteiger partial charge in [-0.25, -0.2) is 4.68 Å². The minimum atomic E-state index is -0.573. The van der Waals surface area contributed by atoms with Gasteiger partial charge in [0.05, 0.1) is 7.11 Å². The number of aromatic nitrogens is 4. The minimum absolute atomic E-state index is 0.184. The fourth-order valence-electron chi connectivity index (χ4n) is 2.50. The number of methoxy groups -OCH3 is 1. The van der Waals surface area contributed by atoms with Crippen LogP contribution < -0.4 is 5.32 Å². The topological polar surface area (TPSA) is 81.9 Å². The standard InChI is InChI=1S/C11H19N5O2S/c1-12-11(9(17)18-3)6-4-5-8(7-11)19-10-13-14-15-16(10)2/h8,12H,4-7H2,1-3H3. The molecule has 2 rings (SSSR count). The van der Waals surface area contributed by atoms with Crippen molar-refractivity contribution >= 4 is 17.7 Å². The third-order valence-corrected chi connectivity index (χ3v) is 4.91. The average Bonchev–Trinajstić information content (AvgIpc) is 2.83. The van der Waals surface area contributed by atoms with Crippen LogP contribution >= 0.6 is 11.8 Å². The molecule has 1 aromatic rings. The Labute approximate surface area is 116 Å². The molecule has 2 unspecified atom stereocenters. The third-order valence-electron chi connectivity index (χ3n) is 3.61. The van der Waals surface area contributed by atoms with Gasteiger partial charge in [-0.15, -0.1) is 5.10 Å². The van der Waals surface area contributed by atoms with Crippen LogP contribution in [0.25, 0.3) is 0 Å². The molecule has 106 valence electrons. The Balaban J connectivity index is 2.08. The van der Waals surface area contributed by atoms with Crippen LogP contribution in [-0.4, -0.2) is 51.1 Å². The Morgan fingerprint density at radius 1 is 1.63 bits per heavy atom. The van der Waals surface area contributed by atoms with E-state index in [2.05, 4.69) is 20.8 Å². The number of rotatable bonds is 4. The van der Waals surface area contributed by atoms with E-state index in [1.807, 2.05) is 14.1 Å². The van der Waals surface area contributed by atoms with Crippen LogP contribution in [0.3, 0.4) is 0 Å². The van der Waals surface area contributed by atoms with Crippen LogP contribution in [0.1, 0.15) is 25.7 Å². The van der Waals surface area contributed by atoms with Gasteiger partial charge < -0.3 is 10.1 Å². The summed E-state index contributed by atoms with van der Waals surface area (Å²) in [6.45, 7) is 0. The Kier molecular flexibility index (Phi) is 4.41. The van der Waals surface area contributed by atoms with E-state index >= 15 is 0 Å². The molecule has 0 aliphatic heterocycles. The first-order valence-corrected chi connectivity index (χ1v) is 7.15. The van der Waals surface area contributed by atoms with Gasteiger partial charge in [-0.1, -0.05) is 11.8 Å². The first kappa shape index (κ1) is 14.3. The Morgan fingerprint density at radius 3 is 3.00 bits per heavy atom. The van der Waals surface area contributed by atoms with Gasteiger partial charge >= 0.3 is 5.97 Å². The number of carbonyl (C=O) groups excluding carboxylic acids is 1. The van der Waals surface area contributed by atoms with Gasteiger partial charge in [-0.05, 0) is 43.2 Å². The van der Waals surface area contributed by atoms with Crippen LogP contribution in [0.2, 0.25) is 0 Å². The molecule has 1 fully saturated rings. The van der Waals surface area contributed by atoms with E-state index in [0.29, 0.717) is 5.25 Å². The number of hydrogen-bond donors (Lipinski definition) is 1. The predicted octanol–water partition coefficient (Wildman–Crippen LogP) is 0.376. The molecule has 0 aromatic carbocycles. The number of carbonyl (C=O) groups is 1. The van der Waals surface area contributed by atoms with Crippen LogP contribution in [0.5, 0.6) is 0 Å². The zero-order valence-corrected chi connectivity index (χ0v) is 12.2. The molecule has 2 atom stereocenters. The number of esters is 1. The van der Waals surface area contributed by atoms with Gasteiger partial charge in [0.2, 0.25) is 5.16 Å². The van der Waals surface area contributed by atoms with E-state index in [-0.39, 0.29) is 5.97 Å². The lowest BCUT2D eigenvalue weighted by molar-refractivity contribution is -0.149. The summed E-state index contributed by atoms with van der Waals surface area (Å²) in [5, 5.41) is 15.7. The summed E-state index contributed by atoms with van der Waals surface area (Å²) >= 11 is 1.62. The molecule has 0 spiro atoms. The van der Waals surface area contributed by atoms with Crippen LogP contribution in [0.4, 0.5) is 0 Å². The van der Waals surface area contributed by atoms with Crippen LogP contribution in [0, 0.1) is 0 Å². The highest BCUT2D eigenvalue weighted by molar-refractivity contribution is 7.99. The third kappa shape index (κ3) is 2.89. The molecule has 1 aliphatic rings. The fourth-order valence-corrected chi connectivity index (χ4v) is 3.73. The summed E-state index contributed by atoms with van der Waals surface area (Å²) < 4.78 is 6.59. The molecule has 1 N–H and O–H groups in total. The Bertz CT molecular complexity index is 452. The van der Waals surface area contributed by atoms with Crippen molar-refractivity contribution in [3.8, 4) is 0 Å². The maximum absolute atomic E-state index is 12.0. The molecule has 1 aromatic heterocycles. The number of nitrogens with one attached hydrogen (secondary N) is 1. The average molecular weight is 285 g/mol. The van der Waals surface area contributed by atoms with Crippen molar-refractivity contribution in [1.29, 1.82) is 0 Å². The lowest BCUT2D eigenvalue weighted by Crippen LogP contribution is -2.54. The highest BCUT2D eigenvalue weighted by Crippen LogP contribution is 2.37. The highest BCUT2D eigenvalue weighted by atomic mass is 32.2. The first-order chi connectivity index (χ1) is 9.11. The maximum atomic E-state index is 12.0. The summed E-state index contributed by atoms with van der Waals surface area (Å²) in [6, 6.07) is 0. The largest absolute Gasteiger partial charge is 0.468 e. The quantitative estimate of drug-likeness (QED) is 0.801. The molecule has 1 aliphatic carbocycles. The lowest BCUT2D eigenvalue weighted by atomic mass is 9.81. The Morgan fingerprint density at radius 2 is 2.42 bits per heavy atom. The zero-order valence-electron chi connectivity index (χ0n) is 11.4. The summed E-state index contributed by atoms with van der Waals surface area (Å²) in [7, 11) is 5.06. The fraction of sp³-hybridized carbons (Fsp3) is 0.818. The Hall–Kier alpha value is -1.15. The lowest BCUT2D eigenvalue weighted by Gasteiger charge is -2.37. The SMILES string of the molecule is CNC1(C(=O)OC)CCCC(Sc2nnnn2C)C1. The molecule has 0 amide bonds. The zero-order chi connectivity index (χ0) is 13.9. The van der Waals surface area contributed by atoms with Crippen molar-refractivity contribution in [3.63, 3.8) is 0 Å². The maximum Gasteiger partial charge on any atom is 0.326 e. The molecule has 19 heavy (non-hydrogen) atoms. The number of tetrazole rings is 1. The highest BCUT2D eigenvalue weighted by Gasteiger charge is 2.43. The first-order valence-electron chi connectivity index (χ1n) is 6.27. The monoisotopic (exact) mass is 285 g/mol. The molecule has 0 radical (unpaired) electrons. The second-order valence-corrected chi connectivity index (χ2v) is 6.01. The van der Waals surface area contributed by atoms with E-state index in [1.54, 1.807) is 16.4 Å². The van der Waals surface area contributed by atoms with E-state index in [4.69, 9.17) is 4.74 Å². The smallest absolute Gasteiger partial charge is 0.326 e. The second-order valence-electron chi connectivity index (χ2n) is 4.74. The van der Waals surface area contributed by atoms with Gasteiger partial charge in [-0.3, -0.25) is 4.79 Å². The number of hydrogen-bond acceptors (Lipinski definition) is 7. The van der Waals surface area contributed by atoms with Crippen molar-refractivity contribution < 1.29 is 9.53 Å². The van der Waals surface area contributed by atoms with E-state index in [0.717, 1.165) is 30.8 Å². The molecule has 0 saturated heterocycles. The molecular weight excluding hydrogens is 266 g/mol. The van der Waals surface area contributed by atoms with Gasteiger partial charge in [-0.2, -0.15) is 0 Å². The predicted molar refractivity (Wildman–Crippen MR) is 70.7 cm³/mol. The normalized spacial score (nSPS) is 27.2. The van der Waals surface area contributed by atoms with Crippen molar-refractivity contribution in [2.24, 2.45) is 7.05 Å². The molecule has 7 nitrogen and oxygen atoms in total. The molecule has 1 heterocycles. The summed E-state index contributed by atoms with van der Waals surface area (Å²) in [4.78, 5) is 12.0. The van der Waals surface area contributed by atoms with Gasteiger partial charge in [0, 0.05) is 12.3 Å².